The van der Waals surface area contributed by atoms with E-state index in [2.05, 4.69) is 5.10 Å². The number of primary sulfonamides is 1. The molecule has 0 atom stereocenters. The summed E-state index contributed by atoms with van der Waals surface area (Å²) in [6.07, 6.45) is 1.76. The lowest BCUT2D eigenvalue weighted by molar-refractivity contribution is -0.114. The summed E-state index contributed by atoms with van der Waals surface area (Å²) in [4.78, 5) is 12.9. The van der Waals surface area contributed by atoms with E-state index < -0.39 is 10.0 Å². The van der Waals surface area contributed by atoms with Gasteiger partial charge in [-0.15, -0.1) is 0 Å². The van der Waals surface area contributed by atoms with Crippen LogP contribution in [0, 0.1) is 13.8 Å². The van der Waals surface area contributed by atoms with Crippen molar-refractivity contribution >= 4 is 33.4 Å². The lowest BCUT2D eigenvalue weighted by Crippen LogP contribution is -2.21. The number of carbonyl (C=O) groups is 1. The second-order valence-electron chi connectivity index (χ2n) is 6.60. The van der Waals surface area contributed by atoms with Crippen molar-refractivity contribution in [3.8, 4) is 5.75 Å². The van der Waals surface area contributed by atoms with E-state index in [9.17, 15) is 13.2 Å². The fourth-order valence-corrected chi connectivity index (χ4v) is 3.68. The number of hydrogen-bond donors (Lipinski definition) is 1. The van der Waals surface area contributed by atoms with Gasteiger partial charge in [0.15, 0.2) is 0 Å². The van der Waals surface area contributed by atoms with E-state index in [4.69, 9.17) is 9.88 Å². The number of methoxy groups -OCH3 is 1. The van der Waals surface area contributed by atoms with E-state index in [0.717, 1.165) is 16.7 Å². The summed E-state index contributed by atoms with van der Waals surface area (Å²) in [5, 5.41) is 10.7. The molecule has 1 aliphatic heterocycles. The predicted octanol–water partition coefficient (Wildman–Crippen LogP) is 2.77. The van der Waals surface area contributed by atoms with Crippen LogP contribution in [0.4, 0.5) is 5.69 Å². The van der Waals surface area contributed by atoms with E-state index in [1.807, 2.05) is 26.0 Å². The number of hydrazone groups is 1. The Kier molecular flexibility index (Phi) is 5.10. The van der Waals surface area contributed by atoms with Crippen molar-refractivity contribution in [2.45, 2.75) is 25.7 Å². The van der Waals surface area contributed by atoms with Crippen LogP contribution in [-0.4, -0.2) is 27.1 Å². The van der Waals surface area contributed by atoms with Crippen molar-refractivity contribution in [3.05, 3.63) is 58.7 Å². The Hall–Kier alpha value is -2.97. The molecule has 0 saturated heterocycles. The number of aryl methyl sites for hydroxylation is 2. The van der Waals surface area contributed by atoms with Gasteiger partial charge in [-0.05, 0) is 62.7 Å². The van der Waals surface area contributed by atoms with Crippen LogP contribution in [0.15, 0.2) is 52.0 Å². The van der Waals surface area contributed by atoms with Crippen molar-refractivity contribution in [2.75, 3.05) is 12.1 Å². The van der Waals surface area contributed by atoms with Crippen molar-refractivity contribution in [1.29, 1.82) is 0 Å². The molecule has 2 aromatic rings. The highest BCUT2D eigenvalue weighted by molar-refractivity contribution is 7.89. The van der Waals surface area contributed by atoms with Gasteiger partial charge in [0, 0.05) is 5.56 Å². The zero-order valence-corrected chi connectivity index (χ0v) is 16.9. The monoisotopic (exact) mass is 399 g/mol. The molecule has 2 N–H and O–H groups in total. The minimum Gasteiger partial charge on any atom is -0.496 e. The lowest BCUT2D eigenvalue weighted by Gasteiger charge is -2.13. The molecule has 0 fully saturated rings. The summed E-state index contributed by atoms with van der Waals surface area (Å²) in [7, 11) is -2.21. The second kappa shape index (κ2) is 7.21. The van der Waals surface area contributed by atoms with E-state index >= 15 is 0 Å². The first kappa shape index (κ1) is 19.8. The lowest BCUT2D eigenvalue weighted by atomic mass is 10.0. The minimum atomic E-state index is -3.80. The third-order valence-corrected chi connectivity index (χ3v) is 5.35. The van der Waals surface area contributed by atoms with Crippen molar-refractivity contribution < 1.29 is 17.9 Å². The van der Waals surface area contributed by atoms with Crippen LogP contribution in [0.1, 0.15) is 23.6 Å². The van der Waals surface area contributed by atoms with Crippen molar-refractivity contribution in [1.82, 2.24) is 0 Å². The Bertz CT molecular complexity index is 1120. The second-order valence-corrected chi connectivity index (χ2v) is 8.17. The molecule has 0 aliphatic carbocycles. The van der Waals surface area contributed by atoms with Gasteiger partial charge in [0.05, 0.1) is 29.0 Å². The highest BCUT2D eigenvalue weighted by Crippen LogP contribution is 2.30. The van der Waals surface area contributed by atoms with Crippen LogP contribution in [0.5, 0.6) is 5.75 Å². The summed E-state index contributed by atoms with van der Waals surface area (Å²) in [5.74, 6) is 0.400. The number of anilines is 1. The van der Waals surface area contributed by atoms with E-state index in [-0.39, 0.29) is 10.8 Å². The highest BCUT2D eigenvalue weighted by atomic mass is 32.2. The van der Waals surface area contributed by atoms with Gasteiger partial charge in [0.2, 0.25) is 10.0 Å². The standard InChI is InChI=1S/C20H21N3O4S/c1-12-9-13(2)19(27-4)15(10-12)11-18-14(3)22-23(20(18)24)16-5-7-17(8-6-16)28(21,25)26/h5-11H,1-4H3,(H2,21,25,26)/b18-11-. The van der Waals surface area contributed by atoms with Crippen LogP contribution in [0.3, 0.4) is 0 Å². The zero-order valence-electron chi connectivity index (χ0n) is 16.1. The van der Waals surface area contributed by atoms with Crippen LogP contribution in [0.2, 0.25) is 0 Å². The molecule has 7 nitrogen and oxygen atoms in total. The number of carbonyl (C=O) groups excluding carboxylic acids is 1. The maximum absolute atomic E-state index is 12.9. The molecule has 1 aliphatic rings. The Morgan fingerprint density at radius 3 is 2.32 bits per heavy atom. The maximum Gasteiger partial charge on any atom is 0.280 e. The first-order valence-electron chi connectivity index (χ1n) is 8.51. The SMILES string of the molecule is COc1c(C)cc(C)cc1/C=C1\C(=O)N(c2ccc(S(N)(=O)=O)cc2)N=C1C. The summed E-state index contributed by atoms with van der Waals surface area (Å²) in [6, 6.07) is 9.64. The zero-order chi connectivity index (χ0) is 20.6. The number of hydrogen-bond acceptors (Lipinski definition) is 5. The minimum absolute atomic E-state index is 0.0284. The molecular weight excluding hydrogens is 378 g/mol. The van der Waals surface area contributed by atoms with Gasteiger partial charge in [0.25, 0.3) is 5.91 Å². The summed E-state index contributed by atoms with van der Waals surface area (Å²) in [6.45, 7) is 5.67. The number of sulfonamides is 1. The average molecular weight is 399 g/mol. The normalized spacial score (nSPS) is 15.9. The first-order chi connectivity index (χ1) is 13.1. The summed E-state index contributed by atoms with van der Waals surface area (Å²) >= 11 is 0. The third-order valence-electron chi connectivity index (χ3n) is 4.42. The largest absolute Gasteiger partial charge is 0.496 e. The van der Waals surface area contributed by atoms with Crippen LogP contribution in [0.25, 0.3) is 6.08 Å². The Labute approximate surface area is 164 Å². The van der Waals surface area contributed by atoms with Crippen molar-refractivity contribution in [3.63, 3.8) is 0 Å². The van der Waals surface area contributed by atoms with Gasteiger partial charge in [-0.25, -0.2) is 13.6 Å². The molecule has 0 saturated carbocycles. The van der Waals surface area contributed by atoms with Gasteiger partial charge in [0.1, 0.15) is 5.75 Å². The van der Waals surface area contributed by atoms with Gasteiger partial charge in [-0.3, -0.25) is 4.79 Å². The Morgan fingerprint density at radius 1 is 1.11 bits per heavy atom. The van der Waals surface area contributed by atoms with E-state index in [1.54, 1.807) is 20.1 Å². The molecule has 2 aromatic carbocycles. The molecule has 0 bridgehead atoms. The molecule has 1 amide bonds. The molecule has 3 rings (SSSR count). The molecular formula is C20H21N3O4S. The van der Waals surface area contributed by atoms with Crippen LogP contribution >= 0.6 is 0 Å². The molecule has 28 heavy (non-hydrogen) atoms. The summed E-state index contributed by atoms with van der Waals surface area (Å²) in [5.41, 5.74) is 4.28. The number of ether oxygens (including phenoxy) is 1. The smallest absolute Gasteiger partial charge is 0.280 e. The summed E-state index contributed by atoms with van der Waals surface area (Å²) < 4.78 is 28.3. The third kappa shape index (κ3) is 3.69. The number of rotatable bonds is 4. The molecule has 8 heteroatoms. The number of amides is 1. The highest BCUT2D eigenvalue weighted by Gasteiger charge is 2.29. The van der Waals surface area contributed by atoms with E-state index in [0.29, 0.717) is 22.7 Å². The number of benzene rings is 2. The predicted molar refractivity (Wildman–Crippen MR) is 109 cm³/mol. The average Bonchev–Trinajstić information content (AvgIpc) is 2.89. The van der Waals surface area contributed by atoms with Crippen molar-refractivity contribution in [2.24, 2.45) is 10.2 Å². The van der Waals surface area contributed by atoms with Gasteiger partial charge < -0.3 is 4.74 Å². The van der Waals surface area contributed by atoms with Gasteiger partial charge in [-0.1, -0.05) is 11.6 Å². The topological polar surface area (TPSA) is 102 Å². The fraction of sp³-hybridized carbons (Fsp3) is 0.200. The van der Waals surface area contributed by atoms with Crippen LogP contribution < -0.4 is 14.9 Å². The Balaban J connectivity index is 1.99. The first-order valence-corrected chi connectivity index (χ1v) is 10.1. The fourth-order valence-electron chi connectivity index (χ4n) is 3.17. The van der Waals surface area contributed by atoms with Gasteiger partial charge in [-0.2, -0.15) is 10.1 Å². The number of nitrogens with zero attached hydrogens (tertiary/aromatic N) is 2. The molecule has 1 heterocycles. The maximum atomic E-state index is 12.9. The molecule has 146 valence electrons. The van der Waals surface area contributed by atoms with E-state index in [1.165, 1.54) is 29.3 Å². The molecule has 0 unspecified atom stereocenters. The quantitative estimate of drug-likeness (QED) is 0.799. The molecule has 0 radical (unpaired) electrons. The molecule has 0 spiro atoms. The number of nitrogens with two attached hydrogens (primary N) is 1. The van der Waals surface area contributed by atoms with Gasteiger partial charge >= 0.3 is 0 Å². The molecule has 0 aromatic heterocycles. The Morgan fingerprint density at radius 2 is 1.75 bits per heavy atom. The van der Waals surface area contributed by atoms with Crippen LogP contribution in [-0.2, 0) is 14.8 Å².